The van der Waals surface area contributed by atoms with Gasteiger partial charge in [-0.25, -0.2) is 0 Å². The molecule has 0 aromatic heterocycles. The lowest BCUT2D eigenvalue weighted by Crippen LogP contribution is -2.54. The second-order valence-corrected chi connectivity index (χ2v) is 3.77. The van der Waals surface area contributed by atoms with Gasteiger partial charge in [0.2, 0.25) is 0 Å². The average Bonchev–Trinajstić information content (AvgIpc) is 2.48. The van der Waals surface area contributed by atoms with Crippen LogP contribution < -0.4 is 0 Å². The van der Waals surface area contributed by atoms with E-state index in [9.17, 15) is 0 Å². The Morgan fingerprint density at radius 3 is 1.67 bits per heavy atom. The molecule has 3 fully saturated rings. The molecule has 6 heteroatoms. The van der Waals surface area contributed by atoms with Crippen molar-refractivity contribution in [1.29, 1.82) is 0 Å². The first-order valence-corrected chi connectivity index (χ1v) is 5.07. The molecule has 0 radical (unpaired) electrons. The molecule has 0 saturated carbocycles. The van der Waals surface area contributed by atoms with Crippen LogP contribution in [-0.4, -0.2) is 58.0 Å². The summed E-state index contributed by atoms with van der Waals surface area (Å²) >= 11 is 0. The van der Waals surface area contributed by atoms with Gasteiger partial charge >= 0.3 is 0 Å². The van der Waals surface area contributed by atoms with Crippen LogP contribution in [0.1, 0.15) is 0 Å². The molecular weight excluding hydrogens is 204 g/mol. The van der Waals surface area contributed by atoms with Crippen molar-refractivity contribution in [1.82, 2.24) is 0 Å². The summed E-state index contributed by atoms with van der Waals surface area (Å²) < 4.78 is 32.4. The molecule has 0 unspecified atom stereocenters. The normalized spacial score (nSPS) is 46.4. The van der Waals surface area contributed by atoms with E-state index in [0.29, 0.717) is 13.2 Å². The van der Waals surface area contributed by atoms with Crippen molar-refractivity contribution in [3.05, 3.63) is 0 Å². The highest BCUT2D eigenvalue weighted by Gasteiger charge is 2.44. The minimum Gasteiger partial charge on any atom is -0.353 e. The van der Waals surface area contributed by atoms with Gasteiger partial charge in [-0.15, -0.1) is 0 Å². The maximum absolute atomic E-state index is 5.52. The van der Waals surface area contributed by atoms with Gasteiger partial charge in [-0.3, -0.25) is 0 Å². The van der Waals surface area contributed by atoms with E-state index in [4.69, 9.17) is 28.4 Å². The Morgan fingerprint density at radius 1 is 0.600 bits per heavy atom. The van der Waals surface area contributed by atoms with E-state index in [1.54, 1.807) is 0 Å². The molecule has 0 bridgehead atoms. The summed E-state index contributed by atoms with van der Waals surface area (Å²) in [6, 6.07) is 0. The molecule has 0 spiro atoms. The summed E-state index contributed by atoms with van der Waals surface area (Å²) in [4.78, 5) is 0. The van der Waals surface area contributed by atoms with Gasteiger partial charge < -0.3 is 28.4 Å². The van der Waals surface area contributed by atoms with Crippen LogP contribution in [0, 0.1) is 0 Å². The van der Waals surface area contributed by atoms with Gasteiger partial charge in [0.05, 0.1) is 13.2 Å². The Kier molecular flexibility index (Phi) is 2.87. The first kappa shape index (κ1) is 9.95. The molecule has 0 amide bonds. The van der Waals surface area contributed by atoms with E-state index in [1.807, 2.05) is 0 Å². The zero-order valence-corrected chi connectivity index (χ0v) is 8.29. The summed E-state index contributed by atoms with van der Waals surface area (Å²) in [6.45, 7) is 1.88. The standard InChI is InChI=1S/C9H14O6/c1-6-8(14-3-10-1)9-7(13-5-12-6)2-11-4-15-9/h6-9H,1-5H2/t6-,7-,8+,9+/m1/s1. The molecule has 3 heterocycles. The summed E-state index contributed by atoms with van der Waals surface area (Å²) in [6.07, 6.45) is -0.441. The fraction of sp³-hybridized carbons (Fsp3) is 1.00. The van der Waals surface area contributed by atoms with Crippen molar-refractivity contribution < 1.29 is 28.4 Å². The Hall–Kier alpha value is -0.240. The van der Waals surface area contributed by atoms with Crippen LogP contribution in [0.15, 0.2) is 0 Å². The predicted molar refractivity (Wildman–Crippen MR) is 46.0 cm³/mol. The van der Waals surface area contributed by atoms with E-state index in [0.717, 1.165) is 0 Å². The molecule has 3 aliphatic rings. The fourth-order valence-electron chi connectivity index (χ4n) is 2.10. The van der Waals surface area contributed by atoms with Gasteiger partial charge in [0.25, 0.3) is 0 Å². The number of rotatable bonds is 0. The van der Waals surface area contributed by atoms with Gasteiger partial charge in [0.15, 0.2) is 0 Å². The first-order valence-electron chi connectivity index (χ1n) is 5.07. The molecule has 6 nitrogen and oxygen atoms in total. The Labute approximate surface area is 87.3 Å². The second-order valence-electron chi connectivity index (χ2n) is 3.77. The molecule has 15 heavy (non-hydrogen) atoms. The lowest BCUT2D eigenvalue weighted by atomic mass is 10.0. The zero-order chi connectivity index (χ0) is 10.1. The molecule has 3 aliphatic heterocycles. The first-order chi connectivity index (χ1) is 7.45. The molecule has 3 rings (SSSR count). The van der Waals surface area contributed by atoms with Gasteiger partial charge in [-0.1, -0.05) is 0 Å². The van der Waals surface area contributed by atoms with Crippen molar-refractivity contribution in [3.8, 4) is 0 Å². The van der Waals surface area contributed by atoms with Crippen LogP contribution >= 0.6 is 0 Å². The van der Waals surface area contributed by atoms with Crippen LogP contribution in [0.3, 0.4) is 0 Å². The lowest BCUT2D eigenvalue weighted by molar-refractivity contribution is -0.260. The lowest BCUT2D eigenvalue weighted by Gasteiger charge is -2.37. The van der Waals surface area contributed by atoms with Crippen molar-refractivity contribution in [2.24, 2.45) is 0 Å². The van der Waals surface area contributed by atoms with Crippen molar-refractivity contribution in [3.63, 3.8) is 0 Å². The van der Waals surface area contributed by atoms with E-state index >= 15 is 0 Å². The van der Waals surface area contributed by atoms with Gasteiger partial charge in [-0.05, 0) is 0 Å². The number of fused-ring (bicyclic) bond motifs is 3. The number of hydrogen-bond acceptors (Lipinski definition) is 6. The predicted octanol–water partition coefficient (Wildman–Crippen LogP) is -0.526. The highest BCUT2D eigenvalue weighted by atomic mass is 16.8. The maximum atomic E-state index is 5.52. The summed E-state index contributed by atoms with van der Waals surface area (Å²) in [5.41, 5.74) is 0. The second kappa shape index (κ2) is 4.32. The van der Waals surface area contributed by atoms with Crippen LogP contribution in [0.5, 0.6) is 0 Å². The third-order valence-electron chi connectivity index (χ3n) is 2.87. The Morgan fingerprint density at radius 2 is 1.13 bits per heavy atom. The number of ether oxygens (including phenoxy) is 6. The molecular formula is C9H14O6. The molecule has 0 aliphatic carbocycles. The van der Waals surface area contributed by atoms with Crippen LogP contribution in [0.4, 0.5) is 0 Å². The van der Waals surface area contributed by atoms with Gasteiger partial charge in [0, 0.05) is 0 Å². The largest absolute Gasteiger partial charge is 0.353 e. The zero-order valence-electron chi connectivity index (χ0n) is 8.29. The van der Waals surface area contributed by atoms with Crippen molar-refractivity contribution in [2.45, 2.75) is 24.4 Å². The smallest absolute Gasteiger partial charge is 0.147 e. The minimum absolute atomic E-state index is 0.105. The molecule has 0 N–H and O–H groups in total. The van der Waals surface area contributed by atoms with Crippen LogP contribution in [0.2, 0.25) is 0 Å². The third kappa shape index (κ3) is 1.89. The van der Waals surface area contributed by atoms with E-state index in [2.05, 4.69) is 0 Å². The highest BCUT2D eigenvalue weighted by Crippen LogP contribution is 2.26. The van der Waals surface area contributed by atoms with Gasteiger partial charge in [-0.2, -0.15) is 0 Å². The molecule has 4 atom stereocenters. The molecule has 86 valence electrons. The topological polar surface area (TPSA) is 55.4 Å². The summed E-state index contributed by atoms with van der Waals surface area (Å²) in [7, 11) is 0. The summed E-state index contributed by atoms with van der Waals surface area (Å²) in [5.74, 6) is 0. The highest BCUT2D eigenvalue weighted by molar-refractivity contribution is 4.89. The monoisotopic (exact) mass is 218 g/mol. The SMILES string of the molecule is C1OC[C@H]2OCO[C@@H]3COCO[C@@H]3[C@H]2O1. The van der Waals surface area contributed by atoms with Crippen molar-refractivity contribution in [2.75, 3.05) is 33.6 Å². The Bertz CT molecular complexity index is 201. The minimum atomic E-state index is -0.116. The van der Waals surface area contributed by atoms with Crippen LogP contribution in [-0.2, 0) is 28.4 Å². The summed E-state index contributed by atoms with van der Waals surface area (Å²) in [5, 5.41) is 0. The van der Waals surface area contributed by atoms with Crippen molar-refractivity contribution >= 4 is 0 Å². The maximum Gasteiger partial charge on any atom is 0.147 e. The fourth-order valence-corrected chi connectivity index (χ4v) is 2.10. The number of hydrogen-bond donors (Lipinski definition) is 0. The van der Waals surface area contributed by atoms with Gasteiger partial charge in [0.1, 0.15) is 44.8 Å². The molecule has 0 aromatic carbocycles. The quantitative estimate of drug-likeness (QED) is 0.545. The van der Waals surface area contributed by atoms with Crippen LogP contribution in [0.25, 0.3) is 0 Å². The van der Waals surface area contributed by atoms with E-state index < -0.39 is 0 Å². The average molecular weight is 218 g/mol. The van der Waals surface area contributed by atoms with E-state index in [1.165, 1.54) is 0 Å². The molecule has 3 saturated heterocycles. The van der Waals surface area contributed by atoms with E-state index in [-0.39, 0.29) is 44.8 Å². The Balaban J connectivity index is 1.77. The molecule has 0 aromatic rings. The third-order valence-corrected chi connectivity index (χ3v) is 2.87.